The van der Waals surface area contributed by atoms with Crippen LogP contribution in [0, 0.1) is 0 Å². The van der Waals surface area contributed by atoms with Crippen molar-refractivity contribution in [2.24, 2.45) is 0 Å². The maximum Gasteiger partial charge on any atom is 0.0393 e. The van der Waals surface area contributed by atoms with E-state index >= 15 is 0 Å². The van der Waals surface area contributed by atoms with Gasteiger partial charge in [-0.1, -0.05) is 167 Å². The zero-order valence-electron chi connectivity index (χ0n) is 30.3. The molecule has 10 rings (SSSR count). The van der Waals surface area contributed by atoms with Gasteiger partial charge in [-0.2, -0.15) is 0 Å². The topological polar surface area (TPSA) is 0 Å². The number of aryl methyl sites for hydroxylation is 1. The van der Waals surface area contributed by atoms with Crippen molar-refractivity contribution in [2.45, 2.75) is 57.3 Å². The molecule has 1 atom stereocenters. The average Bonchev–Trinajstić information content (AvgIpc) is 3.75. The van der Waals surface area contributed by atoms with E-state index in [1.807, 2.05) is 11.3 Å². The number of fused-ring (bicyclic) bond motifs is 9. The Morgan fingerprint density at radius 2 is 1.08 bits per heavy atom. The predicted molar refractivity (Wildman–Crippen MR) is 223 cm³/mol. The Balaban J connectivity index is 1.02. The quantitative estimate of drug-likeness (QED) is 0.163. The second kappa shape index (κ2) is 11.6. The van der Waals surface area contributed by atoms with Crippen LogP contribution in [0.2, 0.25) is 0 Å². The van der Waals surface area contributed by atoms with E-state index in [0.717, 1.165) is 12.8 Å². The molecule has 52 heavy (non-hydrogen) atoms. The van der Waals surface area contributed by atoms with Gasteiger partial charge in [0.05, 0.1) is 0 Å². The van der Waals surface area contributed by atoms with E-state index in [1.165, 1.54) is 92.5 Å². The van der Waals surface area contributed by atoms with E-state index in [2.05, 4.69) is 179 Å². The first-order valence-electron chi connectivity index (χ1n) is 18.8. The third-order valence-electron chi connectivity index (χ3n) is 12.4. The first kappa shape index (κ1) is 31.5. The van der Waals surface area contributed by atoms with Crippen LogP contribution in [0.15, 0.2) is 152 Å². The summed E-state index contributed by atoms with van der Waals surface area (Å²) in [6.45, 7) is 9.50. The summed E-state index contributed by atoms with van der Waals surface area (Å²) in [5.41, 5.74) is 18.1. The number of thiophene rings is 1. The number of hydrogen-bond acceptors (Lipinski definition) is 1. The molecule has 0 aliphatic heterocycles. The molecule has 8 aromatic rings. The molecular formula is C51H42S. The first-order chi connectivity index (χ1) is 25.3. The fraction of sp³-hybridized carbons (Fsp3) is 0.176. The van der Waals surface area contributed by atoms with Crippen molar-refractivity contribution in [1.82, 2.24) is 0 Å². The minimum absolute atomic E-state index is 0.00794. The van der Waals surface area contributed by atoms with Crippen LogP contribution in [0.25, 0.3) is 53.6 Å². The molecule has 252 valence electrons. The van der Waals surface area contributed by atoms with Gasteiger partial charge in [0, 0.05) is 36.9 Å². The summed E-state index contributed by atoms with van der Waals surface area (Å²) < 4.78 is 2.77. The highest BCUT2D eigenvalue weighted by molar-refractivity contribution is 7.26. The van der Waals surface area contributed by atoms with Crippen LogP contribution in [0.4, 0.5) is 0 Å². The highest BCUT2D eigenvalue weighted by Gasteiger charge is 2.36. The number of benzene rings is 7. The van der Waals surface area contributed by atoms with Gasteiger partial charge in [0.2, 0.25) is 0 Å². The van der Waals surface area contributed by atoms with Crippen LogP contribution in [0.3, 0.4) is 0 Å². The van der Waals surface area contributed by atoms with Crippen molar-refractivity contribution in [1.29, 1.82) is 0 Å². The second-order valence-electron chi connectivity index (χ2n) is 16.0. The standard InChI is InChI=1S/C51H42S/c1-50(2)44-19-10-8-15-37(44)39-26-22-32(29-46(39)50)21-25-36(33-13-6-5-7-14-33)42-17-12-18-43-41-28-24-35(31-48(41)52-49(42)43)34-23-27-40-38-16-9-11-20-45(38)51(3,4)47(40)30-34/h5-20,22-24,26-31,36H,21,25H2,1-4H3. The molecule has 0 saturated heterocycles. The lowest BCUT2D eigenvalue weighted by Crippen LogP contribution is -2.15. The molecule has 0 nitrogen and oxygen atoms in total. The molecule has 1 heteroatoms. The largest absolute Gasteiger partial charge is 0.135 e. The van der Waals surface area contributed by atoms with Gasteiger partial charge < -0.3 is 0 Å². The van der Waals surface area contributed by atoms with Crippen LogP contribution in [-0.2, 0) is 17.3 Å². The third kappa shape index (κ3) is 4.72. The highest BCUT2D eigenvalue weighted by Crippen LogP contribution is 2.51. The summed E-state index contributed by atoms with van der Waals surface area (Å²) in [5, 5.41) is 2.72. The Labute approximate surface area is 311 Å². The third-order valence-corrected chi connectivity index (χ3v) is 13.6. The zero-order chi connectivity index (χ0) is 35.2. The molecule has 1 unspecified atom stereocenters. The Kier molecular flexibility index (Phi) is 7.05. The molecule has 0 saturated carbocycles. The molecule has 0 amide bonds. The van der Waals surface area contributed by atoms with Gasteiger partial charge >= 0.3 is 0 Å². The van der Waals surface area contributed by atoms with Gasteiger partial charge in [-0.05, 0) is 97.3 Å². The molecule has 0 radical (unpaired) electrons. The fourth-order valence-electron chi connectivity index (χ4n) is 9.56. The maximum atomic E-state index is 2.50. The van der Waals surface area contributed by atoms with Crippen LogP contribution in [0.1, 0.15) is 79.0 Å². The van der Waals surface area contributed by atoms with Gasteiger partial charge in [0.15, 0.2) is 0 Å². The van der Waals surface area contributed by atoms with Crippen LogP contribution in [-0.4, -0.2) is 0 Å². The summed E-state index contributed by atoms with van der Waals surface area (Å²) in [4.78, 5) is 0. The van der Waals surface area contributed by atoms with Crippen molar-refractivity contribution in [3.05, 3.63) is 191 Å². The lowest BCUT2D eigenvalue weighted by Gasteiger charge is -2.23. The first-order valence-corrected chi connectivity index (χ1v) is 19.6. The summed E-state index contributed by atoms with van der Waals surface area (Å²) in [5.74, 6) is 0.302. The highest BCUT2D eigenvalue weighted by atomic mass is 32.1. The molecule has 0 fully saturated rings. The molecule has 0 bridgehead atoms. The summed E-state index contributed by atoms with van der Waals surface area (Å²) >= 11 is 1.97. The minimum atomic E-state index is -0.00794. The van der Waals surface area contributed by atoms with Crippen molar-refractivity contribution < 1.29 is 0 Å². The second-order valence-corrected chi connectivity index (χ2v) is 17.1. The molecule has 7 aromatic carbocycles. The lowest BCUT2D eigenvalue weighted by atomic mass is 9.81. The summed E-state index contributed by atoms with van der Waals surface area (Å²) in [6.07, 6.45) is 2.09. The molecule has 2 aliphatic carbocycles. The van der Waals surface area contributed by atoms with Gasteiger partial charge in [0.1, 0.15) is 0 Å². The van der Waals surface area contributed by atoms with E-state index in [4.69, 9.17) is 0 Å². The maximum absolute atomic E-state index is 2.50. The van der Waals surface area contributed by atoms with Crippen LogP contribution in [0.5, 0.6) is 0 Å². The lowest BCUT2D eigenvalue weighted by molar-refractivity contribution is 0.657. The van der Waals surface area contributed by atoms with E-state index in [1.54, 1.807) is 0 Å². The van der Waals surface area contributed by atoms with Crippen LogP contribution >= 0.6 is 11.3 Å². The monoisotopic (exact) mass is 686 g/mol. The van der Waals surface area contributed by atoms with Crippen molar-refractivity contribution in [2.75, 3.05) is 0 Å². The van der Waals surface area contributed by atoms with E-state index in [9.17, 15) is 0 Å². The Morgan fingerprint density at radius 3 is 1.81 bits per heavy atom. The van der Waals surface area contributed by atoms with Gasteiger partial charge in [0.25, 0.3) is 0 Å². The Hall–Kier alpha value is -5.24. The molecule has 1 aromatic heterocycles. The summed E-state index contributed by atoms with van der Waals surface area (Å²) in [7, 11) is 0. The summed E-state index contributed by atoms with van der Waals surface area (Å²) in [6, 6.07) is 57.5. The number of rotatable bonds is 6. The molecular weight excluding hydrogens is 645 g/mol. The van der Waals surface area contributed by atoms with Gasteiger partial charge in [-0.15, -0.1) is 11.3 Å². The fourth-order valence-corrected chi connectivity index (χ4v) is 10.9. The molecule has 1 heterocycles. The predicted octanol–water partition coefficient (Wildman–Crippen LogP) is 14.1. The minimum Gasteiger partial charge on any atom is -0.135 e. The zero-order valence-corrected chi connectivity index (χ0v) is 31.2. The molecule has 0 spiro atoms. The van der Waals surface area contributed by atoms with E-state index < -0.39 is 0 Å². The van der Waals surface area contributed by atoms with Crippen molar-refractivity contribution in [3.63, 3.8) is 0 Å². The normalized spacial score (nSPS) is 15.3. The average molecular weight is 687 g/mol. The smallest absolute Gasteiger partial charge is 0.0393 e. The molecule has 0 N–H and O–H groups in total. The Morgan fingerprint density at radius 1 is 0.481 bits per heavy atom. The SMILES string of the molecule is CC1(C)c2ccccc2-c2ccc(CCC(c3ccccc3)c3cccc4c3sc3cc(-c5ccc6c(c5)C(C)(C)c5ccccc5-6)ccc34)cc21. The van der Waals surface area contributed by atoms with E-state index in [0.29, 0.717) is 5.92 Å². The number of hydrogen-bond donors (Lipinski definition) is 0. The van der Waals surface area contributed by atoms with Crippen molar-refractivity contribution in [3.8, 4) is 33.4 Å². The Bertz CT molecular complexity index is 2690. The van der Waals surface area contributed by atoms with Crippen LogP contribution < -0.4 is 0 Å². The van der Waals surface area contributed by atoms with Gasteiger partial charge in [-0.3, -0.25) is 0 Å². The van der Waals surface area contributed by atoms with Crippen molar-refractivity contribution >= 4 is 31.5 Å². The van der Waals surface area contributed by atoms with E-state index in [-0.39, 0.29) is 10.8 Å². The molecule has 2 aliphatic rings. The van der Waals surface area contributed by atoms with Gasteiger partial charge in [-0.25, -0.2) is 0 Å².